The Morgan fingerprint density at radius 2 is 1.88 bits per heavy atom. The Balaban J connectivity index is 3.89. The first-order chi connectivity index (χ1) is 3.66. The number of hydrogen-bond donors (Lipinski definition) is 0. The highest BCUT2D eigenvalue weighted by molar-refractivity contribution is 5.14. The maximum Gasteiger partial charge on any atom is 0.270 e. The summed E-state index contributed by atoms with van der Waals surface area (Å²) in [7, 11) is 0. The van der Waals surface area contributed by atoms with Crippen molar-refractivity contribution in [1.82, 2.24) is 0 Å². The molecule has 0 amide bonds. The molecular weight excluding hydrogens is 110 g/mol. The highest BCUT2D eigenvalue weighted by Gasteiger charge is 1.85. The normalized spacial score (nSPS) is 11.2. The summed E-state index contributed by atoms with van der Waals surface area (Å²) in [5, 5.41) is 0. The van der Waals surface area contributed by atoms with Crippen molar-refractivity contribution in [2.24, 2.45) is 0 Å². The van der Waals surface area contributed by atoms with E-state index in [0.29, 0.717) is 5.57 Å². The third-order valence-corrected chi connectivity index (χ3v) is 0.792. The summed E-state index contributed by atoms with van der Waals surface area (Å²) in [5.41, 5.74) is 0.588. The largest absolute Gasteiger partial charge is 0.270 e. The third kappa shape index (κ3) is 3.53. The van der Waals surface area contributed by atoms with Gasteiger partial charge < -0.3 is 0 Å². The van der Waals surface area contributed by atoms with Crippen LogP contribution in [0.4, 0.5) is 8.78 Å². The van der Waals surface area contributed by atoms with E-state index in [1.807, 2.05) is 0 Å². The summed E-state index contributed by atoms with van der Waals surface area (Å²) in [6.07, 6.45) is 0.819. The lowest BCUT2D eigenvalue weighted by molar-refractivity contribution is 0.421. The molecular formula is C6H8F2. The van der Waals surface area contributed by atoms with E-state index in [0.717, 1.165) is 6.08 Å². The molecule has 0 heterocycles. The second-order valence-electron chi connectivity index (χ2n) is 1.47. The predicted molar refractivity (Wildman–Crippen MR) is 29.7 cm³/mol. The Bertz CT molecular complexity index is 118. The molecule has 0 atom stereocenters. The molecule has 0 fully saturated rings. The van der Waals surface area contributed by atoms with Gasteiger partial charge in [-0.25, -0.2) is 0 Å². The first-order valence-electron chi connectivity index (χ1n) is 2.32. The van der Waals surface area contributed by atoms with E-state index in [1.165, 1.54) is 0 Å². The topological polar surface area (TPSA) is 0 Å². The zero-order valence-corrected chi connectivity index (χ0v) is 4.91. The minimum atomic E-state index is -1.64. The quantitative estimate of drug-likeness (QED) is 0.464. The lowest BCUT2D eigenvalue weighted by Crippen LogP contribution is -1.64. The van der Waals surface area contributed by atoms with Crippen molar-refractivity contribution < 1.29 is 8.78 Å². The standard InChI is InChI=1S/C6H8F2/c1-3-5(2)4-6(7)8/h3-4H,1-2H3/b5-3-. The number of allylic oxidation sites excluding steroid dienone is 3. The Kier molecular flexibility index (Phi) is 3.08. The van der Waals surface area contributed by atoms with Crippen LogP contribution in [0.5, 0.6) is 0 Å². The van der Waals surface area contributed by atoms with Crippen molar-refractivity contribution in [3.63, 3.8) is 0 Å². The van der Waals surface area contributed by atoms with Gasteiger partial charge in [0.2, 0.25) is 0 Å². The van der Waals surface area contributed by atoms with E-state index in [1.54, 1.807) is 19.9 Å². The van der Waals surface area contributed by atoms with Gasteiger partial charge >= 0.3 is 0 Å². The monoisotopic (exact) mass is 118 g/mol. The smallest absolute Gasteiger partial charge is 0.173 e. The van der Waals surface area contributed by atoms with Crippen molar-refractivity contribution in [2.45, 2.75) is 13.8 Å². The highest BCUT2D eigenvalue weighted by atomic mass is 19.3. The van der Waals surface area contributed by atoms with Crippen LogP contribution in [-0.2, 0) is 0 Å². The Morgan fingerprint density at radius 3 is 2.00 bits per heavy atom. The van der Waals surface area contributed by atoms with E-state index >= 15 is 0 Å². The molecule has 0 aliphatic heterocycles. The van der Waals surface area contributed by atoms with Crippen LogP contribution in [0.1, 0.15) is 13.8 Å². The molecule has 0 unspecified atom stereocenters. The molecule has 46 valence electrons. The van der Waals surface area contributed by atoms with Crippen LogP contribution in [0, 0.1) is 0 Å². The van der Waals surface area contributed by atoms with E-state index in [9.17, 15) is 8.78 Å². The first-order valence-corrected chi connectivity index (χ1v) is 2.32. The zero-order valence-electron chi connectivity index (χ0n) is 4.91. The second-order valence-corrected chi connectivity index (χ2v) is 1.47. The van der Waals surface area contributed by atoms with Gasteiger partial charge in [-0.1, -0.05) is 11.6 Å². The average molecular weight is 118 g/mol. The molecule has 0 rings (SSSR count). The van der Waals surface area contributed by atoms with Crippen LogP contribution in [0.2, 0.25) is 0 Å². The van der Waals surface area contributed by atoms with Gasteiger partial charge in [-0.15, -0.1) is 0 Å². The SMILES string of the molecule is C/C=C(/C)C=C(F)F. The molecule has 0 aromatic carbocycles. The molecule has 0 radical (unpaired) electrons. The fourth-order valence-corrected chi connectivity index (χ4v) is 0.255. The number of hydrogen-bond acceptors (Lipinski definition) is 0. The van der Waals surface area contributed by atoms with Crippen molar-refractivity contribution in [1.29, 1.82) is 0 Å². The van der Waals surface area contributed by atoms with Gasteiger partial charge in [0.1, 0.15) is 0 Å². The van der Waals surface area contributed by atoms with Gasteiger partial charge in [0.25, 0.3) is 6.08 Å². The average Bonchev–Trinajstić information content (AvgIpc) is 1.65. The maximum absolute atomic E-state index is 11.3. The van der Waals surface area contributed by atoms with Crippen LogP contribution >= 0.6 is 0 Å². The number of rotatable bonds is 1. The van der Waals surface area contributed by atoms with Gasteiger partial charge in [-0.3, -0.25) is 0 Å². The maximum atomic E-state index is 11.3. The molecule has 0 aromatic heterocycles. The van der Waals surface area contributed by atoms with Gasteiger partial charge in [0.05, 0.1) is 0 Å². The van der Waals surface area contributed by atoms with E-state index in [4.69, 9.17) is 0 Å². The fraction of sp³-hybridized carbons (Fsp3) is 0.333. The Labute approximate surface area is 47.5 Å². The molecule has 0 N–H and O–H groups in total. The minimum Gasteiger partial charge on any atom is -0.173 e. The van der Waals surface area contributed by atoms with Crippen molar-refractivity contribution >= 4 is 0 Å². The molecule has 0 spiro atoms. The first kappa shape index (κ1) is 7.34. The van der Waals surface area contributed by atoms with Gasteiger partial charge in [0, 0.05) is 6.08 Å². The molecule has 2 heteroatoms. The lowest BCUT2D eigenvalue weighted by atomic mass is 10.3. The highest BCUT2D eigenvalue weighted by Crippen LogP contribution is 2.02. The second kappa shape index (κ2) is 3.36. The van der Waals surface area contributed by atoms with Crippen LogP contribution < -0.4 is 0 Å². The third-order valence-electron chi connectivity index (χ3n) is 0.792. The summed E-state index contributed by atoms with van der Waals surface area (Å²) in [6, 6.07) is 0. The summed E-state index contributed by atoms with van der Waals surface area (Å²) in [4.78, 5) is 0. The van der Waals surface area contributed by atoms with Gasteiger partial charge in [0.15, 0.2) is 0 Å². The van der Waals surface area contributed by atoms with Gasteiger partial charge in [-0.2, -0.15) is 8.78 Å². The molecule has 0 aliphatic carbocycles. The Hall–Kier alpha value is -0.660. The molecule has 0 nitrogen and oxygen atoms in total. The summed E-state index contributed by atoms with van der Waals surface area (Å²) >= 11 is 0. The van der Waals surface area contributed by atoms with Crippen LogP contribution in [0.3, 0.4) is 0 Å². The van der Waals surface area contributed by atoms with Crippen molar-refractivity contribution in [2.75, 3.05) is 0 Å². The summed E-state index contributed by atoms with van der Waals surface area (Å²) in [5.74, 6) is 0. The van der Waals surface area contributed by atoms with Gasteiger partial charge in [-0.05, 0) is 13.8 Å². The number of halogens is 2. The van der Waals surface area contributed by atoms with Crippen LogP contribution in [0.25, 0.3) is 0 Å². The summed E-state index contributed by atoms with van der Waals surface area (Å²) < 4.78 is 22.6. The van der Waals surface area contributed by atoms with E-state index in [-0.39, 0.29) is 0 Å². The van der Waals surface area contributed by atoms with E-state index in [2.05, 4.69) is 0 Å². The lowest BCUT2D eigenvalue weighted by Gasteiger charge is -1.82. The van der Waals surface area contributed by atoms with Crippen LogP contribution in [0.15, 0.2) is 23.8 Å². The van der Waals surface area contributed by atoms with Crippen molar-refractivity contribution in [3.8, 4) is 0 Å². The van der Waals surface area contributed by atoms with E-state index < -0.39 is 6.08 Å². The molecule has 8 heavy (non-hydrogen) atoms. The predicted octanol–water partition coefficient (Wildman–Crippen LogP) is 2.73. The molecule has 0 saturated heterocycles. The minimum absolute atomic E-state index is 0.588. The fourth-order valence-electron chi connectivity index (χ4n) is 0.255. The zero-order chi connectivity index (χ0) is 6.57. The summed E-state index contributed by atoms with van der Waals surface area (Å²) in [6.45, 7) is 3.34. The Morgan fingerprint density at radius 1 is 1.38 bits per heavy atom. The molecule has 0 bridgehead atoms. The molecule has 0 aromatic rings. The molecule has 0 aliphatic rings. The van der Waals surface area contributed by atoms with Crippen molar-refractivity contribution in [3.05, 3.63) is 23.8 Å². The molecule has 0 saturated carbocycles. The van der Waals surface area contributed by atoms with Crippen LogP contribution in [-0.4, -0.2) is 0 Å².